The Kier molecular flexibility index (Phi) is 3.46. The van der Waals surface area contributed by atoms with E-state index in [1.54, 1.807) is 0 Å². The average Bonchev–Trinajstić information content (AvgIpc) is 2.48. The molecule has 0 radical (unpaired) electrons. The van der Waals surface area contributed by atoms with E-state index in [9.17, 15) is 0 Å². The Labute approximate surface area is 114 Å². The molecule has 1 heterocycles. The topological polar surface area (TPSA) is 36.7 Å². The predicted octanol–water partition coefficient (Wildman–Crippen LogP) is 4.42. The average molecular weight is 250 g/mol. The summed E-state index contributed by atoms with van der Waals surface area (Å²) in [6.07, 6.45) is 7.45. The Bertz CT molecular complexity index is 599. The van der Waals surface area contributed by atoms with Crippen LogP contribution in [0.3, 0.4) is 0 Å². The van der Waals surface area contributed by atoms with Gasteiger partial charge in [0.25, 0.3) is 0 Å². The number of benzene rings is 1. The zero-order valence-corrected chi connectivity index (χ0v) is 11.0. The van der Waals surface area contributed by atoms with Crippen molar-refractivity contribution in [1.29, 1.82) is 5.26 Å². The van der Waals surface area contributed by atoms with Crippen LogP contribution in [0.4, 0.5) is 0 Å². The lowest BCUT2D eigenvalue weighted by Gasteiger charge is -2.28. The second-order valence-electron chi connectivity index (χ2n) is 5.50. The lowest BCUT2D eigenvalue weighted by molar-refractivity contribution is 0.331. The maximum absolute atomic E-state index is 8.78. The fourth-order valence-electron chi connectivity index (χ4n) is 3.28. The van der Waals surface area contributed by atoms with Crippen molar-refractivity contribution >= 4 is 10.9 Å². The molecule has 0 atom stereocenters. The maximum Gasteiger partial charge on any atom is 0.0704 e. The van der Waals surface area contributed by atoms with Gasteiger partial charge in [0, 0.05) is 18.0 Å². The van der Waals surface area contributed by atoms with Crippen molar-refractivity contribution < 1.29 is 0 Å². The van der Waals surface area contributed by atoms with E-state index in [0.717, 1.165) is 11.9 Å². The van der Waals surface area contributed by atoms with Crippen molar-refractivity contribution in [2.75, 3.05) is 0 Å². The molecule has 1 saturated carbocycles. The minimum atomic E-state index is 0.620. The highest BCUT2D eigenvalue weighted by Crippen LogP contribution is 2.38. The van der Waals surface area contributed by atoms with Gasteiger partial charge in [0.15, 0.2) is 0 Å². The smallest absolute Gasteiger partial charge is 0.0704 e. The highest BCUT2D eigenvalue weighted by Gasteiger charge is 2.23. The van der Waals surface area contributed by atoms with Crippen LogP contribution in [0, 0.1) is 17.2 Å². The third-order valence-electron chi connectivity index (χ3n) is 4.35. The summed E-state index contributed by atoms with van der Waals surface area (Å²) in [7, 11) is 0. The summed E-state index contributed by atoms with van der Waals surface area (Å²) in [5, 5.41) is 10.1. The van der Waals surface area contributed by atoms with E-state index in [1.807, 2.05) is 12.3 Å². The van der Waals surface area contributed by atoms with Crippen molar-refractivity contribution in [2.45, 2.75) is 38.0 Å². The lowest BCUT2D eigenvalue weighted by atomic mass is 9.77. The molecular formula is C17H18N2. The second kappa shape index (κ2) is 5.40. The van der Waals surface area contributed by atoms with Gasteiger partial charge in [-0.25, -0.2) is 0 Å². The Morgan fingerprint density at radius 3 is 2.68 bits per heavy atom. The van der Waals surface area contributed by atoms with Gasteiger partial charge >= 0.3 is 0 Å². The van der Waals surface area contributed by atoms with Gasteiger partial charge < -0.3 is 0 Å². The molecule has 0 spiro atoms. The van der Waals surface area contributed by atoms with Crippen molar-refractivity contribution in [3.05, 3.63) is 42.1 Å². The molecule has 2 nitrogen and oxygen atoms in total. The first-order valence-electron chi connectivity index (χ1n) is 7.09. The van der Waals surface area contributed by atoms with Crippen LogP contribution < -0.4 is 0 Å². The number of nitrogens with zero attached hydrogens (tertiary/aromatic N) is 2. The summed E-state index contributed by atoms with van der Waals surface area (Å²) in [4.78, 5) is 4.44. The number of pyridine rings is 1. The fraction of sp³-hybridized carbons (Fsp3) is 0.412. The number of hydrogen-bond acceptors (Lipinski definition) is 2. The molecule has 0 aliphatic heterocycles. The van der Waals surface area contributed by atoms with E-state index < -0.39 is 0 Å². The molecule has 1 aliphatic carbocycles. The molecule has 1 aromatic carbocycles. The Balaban J connectivity index is 1.84. The van der Waals surface area contributed by atoms with E-state index in [2.05, 4.69) is 35.3 Å². The summed E-state index contributed by atoms with van der Waals surface area (Å²) >= 11 is 0. The molecule has 0 N–H and O–H groups in total. The molecule has 0 bridgehead atoms. The Morgan fingerprint density at radius 1 is 1.11 bits per heavy atom. The molecule has 1 aromatic heterocycles. The molecule has 0 amide bonds. The maximum atomic E-state index is 8.78. The number of hydrogen-bond donors (Lipinski definition) is 0. The molecule has 3 rings (SSSR count). The highest BCUT2D eigenvalue weighted by molar-refractivity contribution is 5.82. The Morgan fingerprint density at radius 2 is 1.89 bits per heavy atom. The molecule has 2 heteroatoms. The van der Waals surface area contributed by atoms with Crippen molar-refractivity contribution in [3.63, 3.8) is 0 Å². The van der Waals surface area contributed by atoms with Gasteiger partial charge in [-0.05, 0) is 55.2 Å². The van der Waals surface area contributed by atoms with Crippen molar-refractivity contribution in [1.82, 2.24) is 4.98 Å². The zero-order valence-electron chi connectivity index (χ0n) is 11.0. The van der Waals surface area contributed by atoms with E-state index in [1.165, 1.54) is 36.6 Å². The van der Waals surface area contributed by atoms with E-state index >= 15 is 0 Å². The summed E-state index contributed by atoms with van der Waals surface area (Å²) in [6.45, 7) is 0. The number of rotatable bonds is 2. The van der Waals surface area contributed by atoms with E-state index in [0.29, 0.717) is 11.8 Å². The molecule has 2 aromatic rings. The van der Waals surface area contributed by atoms with Crippen LogP contribution in [-0.2, 0) is 0 Å². The standard InChI is InChI=1S/C17H18N2/c18-11-9-13-5-7-14(8-6-13)15-10-12-19-17-4-2-1-3-16(15)17/h1-4,10,12-14H,5-9H2. The normalized spacial score (nSPS) is 23.1. The number of aromatic nitrogens is 1. The number of nitriles is 1. The first-order valence-corrected chi connectivity index (χ1v) is 7.09. The van der Waals surface area contributed by atoms with Gasteiger partial charge in [0.2, 0.25) is 0 Å². The molecule has 0 unspecified atom stereocenters. The fourth-order valence-corrected chi connectivity index (χ4v) is 3.28. The van der Waals surface area contributed by atoms with Crippen LogP contribution >= 0.6 is 0 Å². The van der Waals surface area contributed by atoms with Crippen LogP contribution in [0.5, 0.6) is 0 Å². The summed E-state index contributed by atoms with van der Waals surface area (Å²) in [5.41, 5.74) is 2.54. The van der Waals surface area contributed by atoms with Gasteiger partial charge in [-0.1, -0.05) is 18.2 Å². The summed E-state index contributed by atoms with van der Waals surface area (Å²) in [5.74, 6) is 1.26. The van der Waals surface area contributed by atoms with E-state index in [4.69, 9.17) is 5.26 Å². The monoisotopic (exact) mass is 250 g/mol. The molecule has 96 valence electrons. The quantitative estimate of drug-likeness (QED) is 0.791. The van der Waals surface area contributed by atoms with Gasteiger partial charge in [0.1, 0.15) is 0 Å². The number of para-hydroxylation sites is 1. The lowest BCUT2D eigenvalue weighted by Crippen LogP contribution is -2.13. The predicted molar refractivity (Wildman–Crippen MR) is 76.7 cm³/mol. The highest BCUT2D eigenvalue weighted by atomic mass is 14.6. The van der Waals surface area contributed by atoms with Gasteiger partial charge in [0.05, 0.1) is 11.6 Å². The first-order chi connectivity index (χ1) is 9.38. The van der Waals surface area contributed by atoms with Crippen molar-refractivity contribution in [2.24, 2.45) is 5.92 Å². The summed E-state index contributed by atoms with van der Waals surface area (Å²) in [6, 6.07) is 12.9. The van der Waals surface area contributed by atoms with E-state index in [-0.39, 0.29) is 0 Å². The van der Waals surface area contributed by atoms with Crippen LogP contribution in [0.15, 0.2) is 36.5 Å². The van der Waals surface area contributed by atoms with Gasteiger partial charge in [-0.3, -0.25) is 4.98 Å². The third-order valence-corrected chi connectivity index (χ3v) is 4.35. The van der Waals surface area contributed by atoms with Crippen LogP contribution in [0.25, 0.3) is 10.9 Å². The van der Waals surface area contributed by atoms with Gasteiger partial charge in [-0.2, -0.15) is 5.26 Å². The zero-order chi connectivity index (χ0) is 13.1. The van der Waals surface area contributed by atoms with Crippen LogP contribution in [0.2, 0.25) is 0 Å². The van der Waals surface area contributed by atoms with Crippen molar-refractivity contribution in [3.8, 4) is 6.07 Å². The minimum Gasteiger partial charge on any atom is -0.256 e. The molecular weight excluding hydrogens is 232 g/mol. The van der Waals surface area contributed by atoms with Gasteiger partial charge in [-0.15, -0.1) is 0 Å². The van der Waals surface area contributed by atoms with Crippen LogP contribution in [-0.4, -0.2) is 4.98 Å². The van der Waals surface area contributed by atoms with Crippen LogP contribution in [0.1, 0.15) is 43.6 Å². The molecule has 1 aliphatic rings. The largest absolute Gasteiger partial charge is 0.256 e. The third kappa shape index (κ3) is 2.46. The first kappa shape index (κ1) is 12.2. The second-order valence-corrected chi connectivity index (χ2v) is 5.50. The SMILES string of the molecule is N#CCC1CCC(c2ccnc3ccccc23)CC1. The molecule has 0 saturated heterocycles. The number of fused-ring (bicyclic) bond motifs is 1. The molecule has 19 heavy (non-hydrogen) atoms. The Hall–Kier alpha value is -1.88. The molecule has 1 fully saturated rings. The minimum absolute atomic E-state index is 0.620. The summed E-state index contributed by atoms with van der Waals surface area (Å²) < 4.78 is 0.